The second-order valence-electron chi connectivity index (χ2n) is 9.14. The van der Waals surface area contributed by atoms with E-state index in [1.54, 1.807) is 6.92 Å². The predicted octanol–water partition coefficient (Wildman–Crippen LogP) is 4.01. The SMILES string of the molecule is Cc1ccc(C)c(NC(=O)CN2C(=O)NC(C)(c3ccc(C(C)(C)C)cc3)C2=O)c1. The monoisotopic (exact) mass is 407 g/mol. The number of benzene rings is 2. The molecule has 6 nitrogen and oxygen atoms in total. The van der Waals surface area contributed by atoms with Gasteiger partial charge in [-0.1, -0.05) is 57.2 Å². The maximum Gasteiger partial charge on any atom is 0.325 e. The number of anilines is 1. The lowest BCUT2D eigenvalue weighted by atomic mass is 9.84. The summed E-state index contributed by atoms with van der Waals surface area (Å²) in [7, 11) is 0. The maximum absolute atomic E-state index is 13.1. The summed E-state index contributed by atoms with van der Waals surface area (Å²) < 4.78 is 0. The maximum atomic E-state index is 13.1. The van der Waals surface area contributed by atoms with Gasteiger partial charge in [0.15, 0.2) is 0 Å². The molecule has 1 atom stereocenters. The molecule has 1 unspecified atom stereocenters. The van der Waals surface area contributed by atoms with Crippen molar-refractivity contribution >= 4 is 23.5 Å². The number of carbonyl (C=O) groups excluding carboxylic acids is 3. The molecule has 4 amide bonds. The first kappa shape index (κ1) is 21.6. The fraction of sp³-hybridized carbons (Fsp3) is 0.375. The number of imide groups is 1. The van der Waals surface area contributed by atoms with E-state index in [4.69, 9.17) is 0 Å². The highest BCUT2D eigenvalue weighted by Crippen LogP contribution is 2.31. The highest BCUT2D eigenvalue weighted by atomic mass is 16.2. The number of urea groups is 1. The van der Waals surface area contributed by atoms with Crippen molar-refractivity contribution in [3.05, 3.63) is 64.7 Å². The van der Waals surface area contributed by atoms with Gasteiger partial charge in [-0.05, 0) is 54.5 Å². The van der Waals surface area contributed by atoms with Gasteiger partial charge in [0.05, 0.1) is 0 Å². The molecule has 1 saturated heterocycles. The molecular weight excluding hydrogens is 378 g/mol. The summed E-state index contributed by atoms with van der Waals surface area (Å²) in [5, 5.41) is 5.55. The van der Waals surface area contributed by atoms with Crippen LogP contribution in [-0.2, 0) is 20.5 Å². The molecule has 1 aliphatic heterocycles. The average Bonchev–Trinajstić information content (AvgIpc) is 2.88. The van der Waals surface area contributed by atoms with E-state index in [1.165, 1.54) is 0 Å². The molecule has 0 aromatic heterocycles. The molecule has 1 heterocycles. The first-order chi connectivity index (χ1) is 13.9. The number of hydrogen-bond acceptors (Lipinski definition) is 3. The highest BCUT2D eigenvalue weighted by Gasteiger charge is 2.49. The van der Waals surface area contributed by atoms with Gasteiger partial charge in [0.2, 0.25) is 5.91 Å². The molecule has 2 N–H and O–H groups in total. The Kier molecular flexibility index (Phi) is 5.46. The summed E-state index contributed by atoms with van der Waals surface area (Å²) in [6, 6.07) is 12.8. The van der Waals surface area contributed by atoms with Crippen molar-refractivity contribution < 1.29 is 14.4 Å². The third-order valence-electron chi connectivity index (χ3n) is 5.57. The third-order valence-corrected chi connectivity index (χ3v) is 5.57. The number of nitrogens with one attached hydrogen (secondary N) is 2. The van der Waals surface area contributed by atoms with E-state index in [1.807, 2.05) is 56.3 Å². The van der Waals surface area contributed by atoms with Crippen LogP contribution < -0.4 is 10.6 Å². The molecule has 2 aromatic carbocycles. The smallest absolute Gasteiger partial charge is 0.324 e. The fourth-order valence-corrected chi connectivity index (χ4v) is 3.54. The third kappa shape index (κ3) is 4.08. The summed E-state index contributed by atoms with van der Waals surface area (Å²) in [6.07, 6.45) is 0. The normalized spacial score (nSPS) is 19.1. The van der Waals surface area contributed by atoms with Crippen LogP contribution in [0.25, 0.3) is 0 Å². The molecule has 0 aliphatic carbocycles. The van der Waals surface area contributed by atoms with Crippen LogP contribution in [0.4, 0.5) is 10.5 Å². The van der Waals surface area contributed by atoms with Crippen molar-refractivity contribution in [2.45, 2.75) is 52.5 Å². The molecule has 1 aliphatic rings. The number of rotatable bonds is 4. The van der Waals surface area contributed by atoms with Crippen LogP contribution in [0.3, 0.4) is 0 Å². The van der Waals surface area contributed by atoms with Crippen molar-refractivity contribution in [3.63, 3.8) is 0 Å². The van der Waals surface area contributed by atoms with Crippen molar-refractivity contribution in [2.24, 2.45) is 0 Å². The number of hydrogen-bond donors (Lipinski definition) is 2. The lowest BCUT2D eigenvalue weighted by Gasteiger charge is -2.24. The largest absolute Gasteiger partial charge is 0.325 e. The lowest BCUT2D eigenvalue weighted by molar-refractivity contribution is -0.133. The summed E-state index contributed by atoms with van der Waals surface area (Å²) in [4.78, 5) is 39.1. The van der Waals surface area contributed by atoms with Gasteiger partial charge < -0.3 is 10.6 Å². The Morgan fingerprint density at radius 3 is 2.30 bits per heavy atom. The van der Waals surface area contributed by atoms with Crippen LogP contribution >= 0.6 is 0 Å². The summed E-state index contributed by atoms with van der Waals surface area (Å²) in [5.41, 5.74) is 3.20. The van der Waals surface area contributed by atoms with Crippen LogP contribution in [0.1, 0.15) is 49.9 Å². The molecular formula is C24H29N3O3. The molecule has 0 spiro atoms. The molecule has 3 rings (SSSR count). The van der Waals surface area contributed by atoms with Crippen molar-refractivity contribution in [3.8, 4) is 0 Å². The van der Waals surface area contributed by atoms with Gasteiger partial charge in [-0.25, -0.2) is 4.79 Å². The fourth-order valence-electron chi connectivity index (χ4n) is 3.54. The predicted molar refractivity (Wildman–Crippen MR) is 117 cm³/mol. The molecule has 1 fully saturated rings. The van der Waals surface area contributed by atoms with Crippen LogP contribution in [0.15, 0.2) is 42.5 Å². The zero-order chi connectivity index (χ0) is 22.3. The standard InChI is InChI=1S/C24H29N3O3/c1-15-7-8-16(2)19(13-15)25-20(28)14-27-21(29)24(6,26-22(27)30)18-11-9-17(10-12-18)23(3,4)5/h7-13H,14H2,1-6H3,(H,25,28)(H,26,30). The first-order valence-corrected chi connectivity index (χ1v) is 10.0. The molecule has 2 aromatic rings. The lowest BCUT2D eigenvalue weighted by Crippen LogP contribution is -2.42. The molecule has 0 radical (unpaired) electrons. The highest BCUT2D eigenvalue weighted by molar-refractivity contribution is 6.10. The second kappa shape index (κ2) is 7.59. The van der Waals surface area contributed by atoms with Crippen molar-refractivity contribution in [2.75, 3.05) is 11.9 Å². The summed E-state index contributed by atoms with van der Waals surface area (Å²) >= 11 is 0. The number of carbonyl (C=O) groups is 3. The number of aryl methyl sites for hydroxylation is 2. The number of nitrogens with zero attached hydrogens (tertiary/aromatic N) is 1. The average molecular weight is 408 g/mol. The Bertz CT molecular complexity index is 1010. The topological polar surface area (TPSA) is 78.5 Å². The Labute approximate surface area is 177 Å². The quantitative estimate of drug-likeness (QED) is 0.752. The summed E-state index contributed by atoms with van der Waals surface area (Å²) in [5.74, 6) is -0.855. The minimum Gasteiger partial charge on any atom is -0.324 e. The van der Waals surface area contributed by atoms with Gasteiger partial charge in [0, 0.05) is 5.69 Å². The van der Waals surface area contributed by atoms with Gasteiger partial charge in [-0.15, -0.1) is 0 Å². The van der Waals surface area contributed by atoms with Crippen LogP contribution in [0.5, 0.6) is 0 Å². The minimum absolute atomic E-state index is 0.0135. The van der Waals surface area contributed by atoms with Crippen LogP contribution in [0, 0.1) is 13.8 Å². The molecule has 6 heteroatoms. The van der Waals surface area contributed by atoms with E-state index >= 15 is 0 Å². The Hall–Kier alpha value is -3.15. The van der Waals surface area contributed by atoms with Gasteiger partial charge in [0.25, 0.3) is 5.91 Å². The van der Waals surface area contributed by atoms with Crippen molar-refractivity contribution in [1.82, 2.24) is 10.2 Å². The van der Waals surface area contributed by atoms with Gasteiger partial charge in [0.1, 0.15) is 12.1 Å². The Morgan fingerprint density at radius 1 is 1.07 bits per heavy atom. The molecule has 158 valence electrons. The summed E-state index contributed by atoms with van der Waals surface area (Å²) in [6.45, 7) is 11.5. The minimum atomic E-state index is -1.20. The van der Waals surface area contributed by atoms with E-state index in [-0.39, 0.29) is 12.0 Å². The Morgan fingerprint density at radius 2 is 1.70 bits per heavy atom. The molecule has 30 heavy (non-hydrogen) atoms. The van der Waals surface area contributed by atoms with Crippen LogP contribution in [0.2, 0.25) is 0 Å². The molecule has 0 bridgehead atoms. The van der Waals surface area contributed by atoms with E-state index in [2.05, 4.69) is 31.4 Å². The first-order valence-electron chi connectivity index (χ1n) is 10.0. The molecule has 0 saturated carbocycles. The van der Waals surface area contributed by atoms with Gasteiger partial charge in [-0.3, -0.25) is 14.5 Å². The van der Waals surface area contributed by atoms with Crippen LogP contribution in [-0.4, -0.2) is 29.3 Å². The second-order valence-corrected chi connectivity index (χ2v) is 9.14. The number of amides is 4. The van der Waals surface area contributed by atoms with Crippen molar-refractivity contribution in [1.29, 1.82) is 0 Å². The van der Waals surface area contributed by atoms with E-state index in [0.717, 1.165) is 21.6 Å². The van der Waals surface area contributed by atoms with Gasteiger partial charge in [-0.2, -0.15) is 0 Å². The zero-order valence-electron chi connectivity index (χ0n) is 18.4. The van der Waals surface area contributed by atoms with E-state index in [0.29, 0.717) is 11.3 Å². The Balaban J connectivity index is 1.77. The van der Waals surface area contributed by atoms with E-state index in [9.17, 15) is 14.4 Å². The zero-order valence-corrected chi connectivity index (χ0v) is 18.4. The van der Waals surface area contributed by atoms with Gasteiger partial charge >= 0.3 is 6.03 Å². The van der Waals surface area contributed by atoms with E-state index < -0.39 is 23.4 Å².